The molecule has 1 aromatic heterocycles. The summed E-state index contributed by atoms with van der Waals surface area (Å²) in [7, 11) is 0. The number of nitrogens with one attached hydrogen (secondary N) is 1. The standard InChI is InChI=1S/C8H9N3/c1-7(6-9)11-8-4-2-3-5-10-8/h2-5,7H,1H3,(H,10,11). The van der Waals surface area contributed by atoms with Crippen molar-refractivity contribution in [3.8, 4) is 6.07 Å². The molecule has 0 saturated carbocycles. The normalized spacial score (nSPS) is 11.6. The number of hydrogen-bond donors (Lipinski definition) is 1. The monoisotopic (exact) mass is 147 g/mol. The molecule has 3 heteroatoms. The molecule has 0 saturated heterocycles. The third-order valence-electron chi connectivity index (χ3n) is 1.22. The van der Waals surface area contributed by atoms with Gasteiger partial charge in [-0.3, -0.25) is 0 Å². The van der Waals surface area contributed by atoms with Crippen molar-refractivity contribution in [3.63, 3.8) is 0 Å². The van der Waals surface area contributed by atoms with Crippen LogP contribution in [0.2, 0.25) is 0 Å². The van der Waals surface area contributed by atoms with Crippen molar-refractivity contribution in [2.45, 2.75) is 13.0 Å². The highest BCUT2D eigenvalue weighted by Gasteiger charge is 1.97. The summed E-state index contributed by atoms with van der Waals surface area (Å²) in [5.74, 6) is 0.738. The first-order valence-corrected chi connectivity index (χ1v) is 3.40. The van der Waals surface area contributed by atoms with Gasteiger partial charge < -0.3 is 5.32 Å². The molecule has 11 heavy (non-hydrogen) atoms. The van der Waals surface area contributed by atoms with Gasteiger partial charge in [-0.15, -0.1) is 0 Å². The molecule has 3 nitrogen and oxygen atoms in total. The maximum absolute atomic E-state index is 8.46. The minimum absolute atomic E-state index is 0.190. The fourth-order valence-electron chi connectivity index (χ4n) is 0.702. The van der Waals surface area contributed by atoms with E-state index in [1.54, 1.807) is 13.1 Å². The molecular formula is C8H9N3. The lowest BCUT2D eigenvalue weighted by molar-refractivity contribution is 0.993. The molecule has 1 aromatic rings. The van der Waals surface area contributed by atoms with Crippen molar-refractivity contribution < 1.29 is 0 Å². The van der Waals surface area contributed by atoms with Crippen LogP contribution in [0.3, 0.4) is 0 Å². The van der Waals surface area contributed by atoms with Gasteiger partial charge in [-0.1, -0.05) is 6.07 Å². The van der Waals surface area contributed by atoms with E-state index >= 15 is 0 Å². The Morgan fingerprint density at radius 3 is 3.00 bits per heavy atom. The molecule has 1 unspecified atom stereocenters. The Labute approximate surface area is 65.7 Å². The Balaban J connectivity index is 2.60. The van der Waals surface area contributed by atoms with E-state index in [1.807, 2.05) is 18.2 Å². The van der Waals surface area contributed by atoms with E-state index in [0.29, 0.717) is 0 Å². The Morgan fingerprint density at radius 2 is 2.45 bits per heavy atom. The predicted molar refractivity (Wildman–Crippen MR) is 42.9 cm³/mol. The fourth-order valence-corrected chi connectivity index (χ4v) is 0.702. The van der Waals surface area contributed by atoms with Crippen molar-refractivity contribution in [2.75, 3.05) is 5.32 Å². The average molecular weight is 147 g/mol. The molecule has 0 bridgehead atoms. The average Bonchev–Trinajstić information content (AvgIpc) is 2.06. The van der Waals surface area contributed by atoms with Crippen molar-refractivity contribution in [1.29, 1.82) is 5.26 Å². The number of nitrogens with zero attached hydrogens (tertiary/aromatic N) is 2. The van der Waals surface area contributed by atoms with Crippen molar-refractivity contribution in [1.82, 2.24) is 4.98 Å². The molecule has 1 rings (SSSR count). The highest BCUT2D eigenvalue weighted by atomic mass is 15.0. The highest BCUT2D eigenvalue weighted by molar-refractivity contribution is 5.35. The van der Waals surface area contributed by atoms with Crippen LogP contribution < -0.4 is 5.32 Å². The molecule has 1 heterocycles. The van der Waals surface area contributed by atoms with Crippen LogP contribution >= 0.6 is 0 Å². The molecule has 0 aliphatic rings. The maximum atomic E-state index is 8.46. The van der Waals surface area contributed by atoms with Crippen LogP contribution in [0.15, 0.2) is 24.4 Å². The summed E-state index contributed by atoms with van der Waals surface area (Å²) >= 11 is 0. The van der Waals surface area contributed by atoms with Crippen LogP contribution in [0.25, 0.3) is 0 Å². The van der Waals surface area contributed by atoms with Crippen LogP contribution in [0.1, 0.15) is 6.92 Å². The van der Waals surface area contributed by atoms with Gasteiger partial charge in [0.15, 0.2) is 0 Å². The van der Waals surface area contributed by atoms with E-state index in [9.17, 15) is 0 Å². The first-order valence-electron chi connectivity index (χ1n) is 3.40. The zero-order chi connectivity index (χ0) is 8.10. The zero-order valence-electron chi connectivity index (χ0n) is 6.28. The van der Waals surface area contributed by atoms with Crippen LogP contribution in [0.5, 0.6) is 0 Å². The lowest BCUT2D eigenvalue weighted by Gasteiger charge is -2.04. The first-order chi connectivity index (χ1) is 5.33. The lowest BCUT2D eigenvalue weighted by atomic mass is 10.3. The quantitative estimate of drug-likeness (QED) is 0.688. The smallest absolute Gasteiger partial charge is 0.126 e. The van der Waals surface area contributed by atoms with Gasteiger partial charge in [0.1, 0.15) is 11.9 Å². The Morgan fingerprint density at radius 1 is 1.64 bits per heavy atom. The Kier molecular flexibility index (Phi) is 2.45. The number of rotatable bonds is 2. The summed E-state index contributed by atoms with van der Waals surface area (Å²) < 4.78 is 0. The number of aromatic nitrogens is 1. The zero-order valence-corrected chi connectivity index (χ0v) is 6.28. The van der Waals surface area contributed by atoms with E-state index in [0.717, 1.165) is 5.82 Å². The summed E-state index contributed by atoms with van der Waals surface area (Å²) in [6.45, 7) is 1.79. The topological polar surface area (TPSA) is 48.7 Å². The summed E-state index contributed by atoms with van der Waals surface area (Å²) in [6, 6.07) is 7.41. The molecule has 0 radical (unpaired) electrons. The molecule has 0 aliphatic carbocycles. The van der Waals surface area contributed by atoms with Crippen molar-refractivity contribution in [3.05, 3.63) is 24.4 Å². The summed E-state index contributed by atoms with van der Waals surface area (Å²) in [5.41, 5.74) is 0. The summed E-state index contributed by atoms with van der Waals surface area (Å²) in [5, 5.41) is 11.4. The SMILES string of the molecule is CC(C#N)Nc1ccccn1. The molecule has 0 aliphatic heterocycles. The van der Waals surface area contributed by atoms with Crippen LogP contribution in [0.4, 0.5) is 5.82 Å². The molecule has 0 aromatic carbocycles. The number of nitriles is 1. The second-order valence-electron chi connectivity index (χ2n) is 2.21. The lowest BCUT2D eigenvalue weighted by Crippen LogP contribution is -2.12. The molecule has 56 valence electrons. The van der Waals surface area contributed by atoms with Crippen molar-refractivity contribution in [2.24, 2.45) is 0 Å². The van der Waals surface area contributed by atoms with E-state index in [2.05, 4.69) is 16.4 Å². The predicted octanol–water partition coefficient (Wildman–Crippen LogP) is 1.41. The molecule has 1 atom stereocenters. The van der Waals surface area contributed by atoms with Gasteiger partial charge in [0.05, 0.1) is 6.07 Å². The number of anilines is 1. The summed E-state index contributed by atoms with van der Waals surface area (Å²) in [4.78, 5) is 4.00. The second-order valence-corrected chi connectivity index (χ2v) is 2.21. The number of pyridine rings is 1. The van der Waals surface area contributed by atoms with E-state index in [4.69, 9.17) is 5.26 Å². The van der Waals surface area contributed by atoms with E-state index < -0.39 is 0 Å². The largest absolute Gasteiger partial charge is 0.355 e. The minimum Gasteiger partial charge on any atom is -0.355 e. The second kappa shape index (κ2) is 3.57. The molecule has 1 N–H and O–H groups in total. The van der Waals surface area contributed by atoms with Gasteiger partial charge in [-0.05, 0) is 19.1 Å². The van der Waals surface area contributed by atoms with E-state index in [1.165, 1.54) is 0 Å². The molecule has 0 amide bonds. The molecular weight excluding hydrogens is 138 g/mol. The maximum Gasteiger partial charge on any atom is 0.126 e. The summed E-state index contributed by atoms with van der Waals surface area (Å²) in [6.07, 6.45) is 1.69. The molecule has 0 spiro atoms. The molecule has 0 fully saturated rings. The number of hydrogen-bond acceptors (Lipinski definition) is 3. The highest BCUT2D eigenvalue weighted by Crippen LogP contribution is 2.00. The third-order valence-corrected chi connectivity index (χ3v) is 1.22. The Hall–Kier alpha value is -1.56. The van der Waals surface area contributed by atoms with Crippen LogP contribution in [-0.2, 0) is 0 Å². The third kappa shape index (κ3) is 2.26. The minimum atomic E-state index is -0.190. The van der Waals surface area contributed by atoms with Gasteiger partial charge >= 0.3 is 0 Å². The van der Waals surface area contributed by atoms with Gasteiger partial charge in [-0.2, -0.15) is 5.26 Å². The van der Waals surface area contributed by atoms with Gasteiger partial charge in [0.2, 0.25) is 0 Å². The van der Waals surface area contributed by atoms with Gasteiger partial charge in [0.25, 0.3) is 0 Å². The van der Waals surface area contributed by atoms with Gasteiger partial charge in [-0.25, -0.2) is 4.98 Å². The van der Waals surface area contributed by atoms with E-state index in [-0.39, 0.29) is 6.04 Å². The Bertz CT molecular complexity index is 250. The van der Waals surface area contributed by atoms with Crippen LogP contribution in [0, 0.1) is 11.3 Å². The first kappa shape index (κ1) is 7.55. The fraction of sp³-hybridized carbons (Fsp3) is 0.250. The van der Waals surface area contributed by atoms with Crippen LogP contribution in [-0.4, -0.2) is 11.0 Å². The van der Waals surface area contributed by atoms with Crippen molar-refractivity contribution >= 4 is 5.82 Å². The van der Waals surface area contributed by atoms with Gasteiger partial charge in [0, 0.05) is 6.20 Å².